The van der Waals surface area contributed by atoms with Crippen molar-refractivity contribution >= 4 is 39.1 Å². The molecular formula is C26H33ClF3N3O4S. The fraction of sp³-hybridized carbons (Fsp3) is 0.462. The molecule has 0 aliphatic rings. The van der Waals surface area contributed by atoms with E-state index in [4.69, 9.17) is 11.6 Å². The molecule has 2 rings (SSSR count). The van der Waals surface area contributed by atoms with Crippen molar-refractivity contribution in [3.05, 3.63) is 64.7 Å². The zero-order chi connectivity index (χ0) is 28.7. The van der Waals surface area contributed by atoms with E-state index in [1.165, 1.54) is 4.90 Å². The number of hydrogen-bond acceptors (Lipinski definition) is 4. The maximum Gasteiger partial charge on any atom is 0.417 e. The molecule has 2 aromatic rings. The third-order valence-electron chi connectivity index (χ3n) is 5.78. The number of hydrogen-bond donors (Lipinski definition) is 1. The number of amides is 2. The molecule has 0 radical (unpaired) electrons. The summed E-state index contributed by atoms with van der Waals surface area (Å²) in [4.78, 5) is 27.9. The first kappa shape index (κ1) is 31.4. The van der Waals surface area contributed by atoms with Gasteiger partial charge >= 0.3 is 6.18 Å². The quantitative estimate of drug-likeness (QED) is 0.396. The van der Waals surface area contributed by atoms with Crippen molar-refractivity contribution in [3.8, 4) is 0 Å². The number of carbonyl (C=O) groups excluding carboxylic acids is 2. The summed E-state index contributed by atoms with van der Waals surface area (Å²) in [5.74, 6) is -0.945. The summed E-state index contributed by atoms with van der Waals surface area (Å²) in [6.45, 7) is 5.26. The van der Waals surface area contributed by atoms with Crippen molar-refractivity contribution in [3.63, 3.8) is 0 Å². The molecule has 2 amide bonds. The summed E-state index contributed by atoms with van der Waals surface area (Å²) in [5.41, 5.74) is -0.689. The van der Waals surface area contributed by atoms with E-state index in [0.717, 1.165) is 24.0 Å². The summed E-state index contributed by atoms with van der Waals surface area (Å²) in [6.07, 6.45) is -3.39. The van der Waals surface area contributed by atoms with Crippen LogP contribution in [-0.4, -0.2) is 57.1 Å². The third-order valence-corrected chi connectivity index (χ3v) is 7.25. The number of sulfonamides is 1. The lowest BCUT2D eigenvalue weighted by atomic mass is 10.1. The SMILES string of the molecule is CC[C@@H](C(=O)NCC(C)C)N(CCc1ccccc1)C(=O)CN(c1ccc(Cl)c(C(F)(F)F)c1)S(C)(=O)=O. The van der Waals surface area contributed by atoms with Gasteiger partial charge in [-0.3, -0.25) is 13.9 Å². The monoisotopic (exact) mass is 575 g/mol. The predicted octanol–water partition coefficient (Wildman–Crippen LogP) is 4.75. The Morgan fingerprint density at radius 2 is 1.71 bits per heavy atom. The molecule has 0 heterocycles. The smallest absolute Gasteiger partial charge is 0.354 e. The van der Waals surface area contributed by atoms with Crippen LogP contribution in [0.4, 0.5) is 18.9 Å². The second kappa shape index (κ2) is 13.3. The van der Waals surface area contributed by atoms with Crippen molar-refractivity contribution in [2.24, 2.45) is 5.92 Å². The van der Waals surface area contributed by atoms with Crippen LogP contribution in [0.25, 0.3) is 0 Å². The normalized spacial score (nSPS) is 12.8. The summed E-state index contributed by atoms with van der Waals surface area (Å²) in [7, 11) is -4.19. The van der Waals surface area contributed by atoms with Gasteiger partial charge in [0.2, 0.25) is 21.8 Å². The average Bonchev–Trinajstić information content (AvgIpc) is 2.83. The highest BCUT2D eigenvalue weighted by atomic mass is 35.5. The molecule has 0 saturated carbocycles. The number of benzene rings is 2. The number of anilines is 1. The lowest BCUT2D eigenvalue weighted by Gasteiger charge is -2.33. The van der Waals surface area contributed by atoms with Crippen LogP contribution in [0, 0.1) is 5.92 Å². The van der Waals surface area contributed by atoms with Gasteiger partial charge in [0.15, 0.2) is 0 Å². The van der Waals surface area contributed by atoms with Crippen LogP contribution in [-0.2, 0) is 32.2 Å². The molecule has 1 N–H and O–H groups in total. The first-order valence-corrected chi connectivity index (χ1v) is 14.3. The average molecular weight is 576 g/mol. The maximum atomic E-state index is 13.6. The van der Waals surface area contributed by atoms with Gasteiger partial charge in [0.1, 0.15) is 12.6 Å². The highest BCUT2D eigenvalue weighted by Crippen LogP contribution is 2.37. The van der Waals surface area contributed by atoms with E-state index in [9.17, 15) is 31.2 Å². The fourth-order valence-corrected chi connectivity index (χ4v) is 4.88. The number of halogens is 4. The molecule has 38 heavy (non-hydrogen) atoms. The molecular weight excluding hydrogens is 543 g/mol. The minimum atomic E-state index is -4.83. The van der Waals surface area contributed by atoms with Gasteiger partial charge in [-0.15, -0.1) is 0 Å². The Bertz CT molecular complexity index is 1210. The summed E-state index contributed by atoms with van der Waals surface area (Å²) < 4.78 is 66.2. The molecule has 0 unspecified atom stereocenters. The Hall–Kier alpha value is -2.79. The van der Waals surface area contributed by atoms with E-state index in [1.54, 1.807) is 6.92 Å². The van der Waals surface area contributed by atoms with Crippen LogP contribution in [0.5, 0.6) is 0 Å². The van der Waals surface area contributed by atoms with Crippen LogP contribution < -0.4 is 9.62 Å². The molecule has 0 aromatic heterocycles. The summed E-state index contributed by atoms with van der Waals surface area (Å²) in [5, 5.41) is 2.21. The zero-order valence-electron chi connectivity index (χ0n) is 21.8. The van der Waals surface area contributed by atoms with Gasteiger partial charge in [-0.25, -0.2) is 8.42 Å². The standard InChI is InChI=1S/C26H33ClF3N3O4S/c1-5-23(25(35)31-16-18(2)3)32(14-13-19-9-7-6-8-10-19)24(34)17-33(38(4,36)37)20-11-12-22(27)21(15-20)26(28,29)30/h6-12,15,18,23H,5,13-14,16-17H2,1-4H3,(H,31,35)/t23-/m0/s1. The van der Waals surface area contributed by atoms with E-state index in [1.807, 2.05) is 44.2 Å². The van der Waals surface area contributed by atoms with Crippen molar-refractivity contribution < 1.29 is 31.2 Å². The van der Waals surface area contributed by atoms with E-state index in [2.05, 4.69) is 5.32 Å². The number of carbonyl (C=O) groups is 2. The third kappa shape index (κ3) is 8.90. The predicted molar refractivity (Wildman–Crippen MR) is 142 cm³/mol. The maximum absolute atomic E-state index is 13.6. The largest absolute Gasteiger partial charge is 0.417 e. The van der Waals surface area contributed by atoms with Crippen molar-refractivity contribution in [1.82, 2.24) is 10.2 Å². The van der Waals surface area contributed by atoms with E-state index in [0.29, 0.717) is 23.3 Å². The minimum absolute atomic E-state index is 0.0997. The van der Waals surface area contributed by atoms with Gasteiger partial charge in [-0.2, -0.15) is 13.2 Å². The number of rotatable bonds is 12. The first-order chi connectivity index (χ1) is 17.6. The molecule has 0 spiro atoms. The summed E-state index contributed by atoms with van der Waals surface area (Å²) in [6, 6.07) is 11.0. The van der Waals surface area contributed by atoms with Gasteiger partial charge in [-0.1, -0.05) is 62.7 Å². The number of alkyl halides is 3. The van der Waals surface area contributed by atoms with Crippen LogP contribution in [0.15, 0.2) is 48.5 Å². The Morgan fingerprint density at radius 3 is 2.24 bits per heavy atom. The zero-order valence-corrected chi connectivity index (χ0v) is 23.3. The van der Waals surface area contributed by atoms with Crippen molar-refractivity contribution in [2.45, 2.75) is 45.8 Å². The summed E-state index contributed by atoms with van der Waals surface area (Å²) >= 11 is 5.69. The lowest BCUT2D eigenvalue weighted by molar-refractivity contribution is -0.139. The molecule has 210 valence electrons. The first-order valence-electron chi connectivity index (χ1n) is 12.1. The van der Waals surface area contributed by atoms with Gasteiger partial charge in [0.25, 0.3) is 0 Å². The van der Waals surface area contributed by atoms with Crippen molar-refractivity contribution in [2.75, 3.05) is 30.2 Å². The Kier molecular flexibility index (Phi) is 11.0. The van der Waals surface area contributed by atoms with Crippen LogP contribution in [0.2, 0.25) is 5.02 Å². The molecule has 0 aliphatic carbocycles. The number of nitrogens with zero attached hydrogens (tertiary/aromatic N) is 2. The minimum Gasteiger partial charge on any atom is -0.354 e. The second-order valence-corrected chi connectivity index (χ2v) is 11.6. The molecule has 0 bridgehead atoms. The Morgan fingerprint density at radius 1 is 1.08 bits per heavy atom. The van der Waals surface area contributed by atoms with Crippen molar-refractivity contribution in [1.29, 1.82) is 0 Å². The molecule has 12 heteroatoms. The van der Waals surface area contributed by atoms with E-state index >= 15 is 0 Å². The van der Waals surface area contributed by atoms with Gasteiger partial charge in [-0.05, 0) is 42.5 Å². The molecule has 0 fully saturated rings. The topological polar surface area (TPSA) is 86.8 Å². The molecule has 2 aromatic carbocycles. The Labute approximate surface area is 227 Å². The van der Waals surface area contributed by atoms with E-state index in [-0.39, 0.29) is 30.5 Å². The molecule has 0 aliphatic heterocycles. The fourth-order valence-electron chi connectivity index (χ4n) is 3.82. The molecule has 7 nitrogen and oxygen atoms in total. The Balaban J connectivity index is 2.44. The number of nitrogens with one attached hydrogen (secondary N) is 1. The highest BCUT2D eigenvalue weighted by Gasteiger charge is 2.36. The molecule has 1 atom stereocenters. The second-order valence-electron chi connectivity index (χ2n) is 9.32. The van der Waals surface area contributed by atoms with Crippen LogP contribution in [0.3, 0.4) is 0 Å². The van der Waals surface area contributed by atoms with E-state index < -0.39 is 45.3 Å². The van der Waals surface area contributed by atoms with Gasteiger partial charge in [0, 0.05) is 13.1 Å². The highest BCUT2D eigenvalue weighted by molar-refractivity contribution is 7.92. The van der Waals surface area contributed by atoms with Gasteiger partial charge in [0.05, 0.1) is 22.5 Å². The lowest BCUT2D eigenvalue weighted by Crippen LogP contribution is -2.53. The van der Waals surface area contributed by atoms with Crippen LogP contribution in [0.1, 0.15) is 38.3 Å². The molecule has 0 saturated heterocycles. The van der Waals surface area contributed by atoms with Gasteiger partial charge < -0.3 is 10.2 Å². The van der Waals surface area contributed by atoms with Crippen LogP contribution >= 0.6 is 11.6 Å².